The van der Waals surface area contributed by atoms with Crippen LogP contribution >= 0.6 is 11.3 Å². The molecule has 9 heteroatoms. The molecule has 2 aromatic rings. The zero-order valence-electron chi connectivity index (χ0n) is 13.2. The third-order valence-corrected chi connectivity index (χ3v) is 4.27. The van der Waals surface area contributed by atoms with E-state index in [4.69, 9.17) is 15.2 Å². The number of rotatable bonds is 5. The number of ether oxygens (including phenoxy) is 2. The molecular formula is C15H16N4O4S. The van der Waals surface area contributed by atoms with Crippen LogP contribution in [0.15, 0.2) is 17.5 Å². The summed E-state index contributed by atoms with van der Waals surface area (Å²) in [6.07, 6.45) is 0.258. The zero-order valence-corrected chi connectivity index (χ0v) is 14.0. The van der Waals surface area contributed by atoms with Crippen LogP contribution in [0.1, 0.15) is 35.0 Å². The predicted octanol–water partition coefficient (Wildman–Crippen LogP) is 0.960. The standard InChI is InChI=1S/C15H16N4O4S/c1-15(2,19-9(20)6-8-4-3-5-24-8)14-17-10(12(16)21)11-13(18-14)23-7-22-11/h3-5H,6-7H2,1-2H3,(H2,16,21)(H,19,20). The quantitative estimate of drug-likeness (QED) is 0.831. The van der Waals surface area contributed by atoms with Crippen molar-refractivity contribution in [1.82, 2.24) is 15.3 Å². The summed E-state index contributed by atoms with van der Waals surface area (Å²) in [5.41, 5.74) is 4.36. The van der Waals surface area contributed by atoms with Crippen molar-refractivity contribution in [1.29, 1.82) is 0 Å². The van der Waals surface area contributed by atoms with Crippen LogP contribution in [0, 0.1) is 0 Å². The van der Waals surface area contributed by atoms with Crippen molar-refractivity contribution >= 4 is 23.2 Å². The molecule has 126 valence electrons. The van der Waals surface area contributed by atoms with Crippen molar-refractivity contribution in [3.05, 3.63) is 33.9 Å². The van der Waals surface area contributed by atoms with Gasteiger partial charge in [0.1, 0.15) is 0 Å². The Balaban J connectivity index is 1.85. The van der Waals surface area contributed by atoms with E-state index in [9.17, 15) is 9.59 Å². The summed E-state index contributed by atoms with van der Waals surface area (Å²) < 4.78 is 10.4. The summed E-state index contributed by atoms with van der Waals surface area (Å²) in [5, 5.41) is 4.77. The van der Waals surface area contributed by atoms with Crippen molar-refractivity contribution in [3.8, 4) is 11.6 Å². The number of hydrogen-bond acceptors (Lipinski definition) is 7. The normalized spacial score (nSPS) is 12.9. The number of primary amides is 1. The van der Waals surface area contributed by atoms with Gasteiger partial charge in [0.25, 0.3) is 11.8 Å². The summed E-state index contributed by atoms with van der Waals surface area (Å²) in [6, 6.07) is 3.78. The number of nitrogens with zero attached hydrogens (tertiary/aromatic N) is 2. The van der Waals surface area contributed by atoms with Crippen LogP contribution in [0.4, 0.5) is 0 Å². The molecule has 8 nitrogen and oxygen atoms in total. The molecule has 0 aromatic carbocycles. The van der Waals surface area contributed by atoms with Gasteiger partial charge in [-0.05, 0) is 25.3 Å². The molecule has 0 saturated heterocycles. The topological polar surface area (TPSA) is 116 Å². The fraction of sp³-hybridized carbons (Fsp3) is 0.333. The molecule has 0 atom stereocenters. The van der Waals surface area contributed by atoms with Crippen LogP contribution in [0.3, 0.4) is 0 Å². The van der Waals surface area contributed by atoms with Crippen molar-refractivity contribution < 1.29 is 19.1 Å². The van der Waals surface area contributed by atoms with Crippen molar-refractivity contribution in [2.75, 3.05) is 6.79 Å². The van der Waals surface area contributed by atoms with E-state index in [-0.39, 0.29) is 42.3 Å². The molecular weight excluding hydrogens is 332 g/mol. The van der Waals surface area contributed by atoms with Crippen molar-refractivity contribution in [3.63, 3.8) is 0 Å². The summed E-state index contributed by atoms with van der Waals surface area (Å²) in [6.45, 7) is 3.42. The fourth-order valence-corrected chi connectivity index (χ4v) is 2.97. The number of nitrogens with two attached hydrogens (primary N) is 1. The molecule has 1 aliphatic heterocycles. The second kappa shape index (κ2) is 6.08. The number of carbonyl (C=O) groups is 2. The summed E-state index contributed by atoms with van der Waals surface area (Å²) >= 11 is 1.51. The first kappa shape index (κ1) is 16.2. The van der Waals surface area contributed by atoms with Gasteiger partial charge in [-0.2, -0.15) is 4.98 Å². The molecule has 24 heavy (non-hydrogen) atoms. The van der Waals surface area contributed by atoms with Crippen LogP contribution in [0.25, 0.3) is 0 Å². The molecule has 0 radical (unpaired) electrons. The Kier molecular flexibility index (Phi) is 4.10. The highest BCUT2D eigenvalue weighted by atomic mass is 32.1. The van der Waals surface area contributed by atoms with Gasteiger partial charge in [-0.3, -0.25) is 9.59 Å². The molecule has 1 aliphatic rings. The number of nitrogens with one attached hydrogen (secondary N) is 1. The highest BCUT2D eigenvalue weighted by Gasteiger charge is 2.32. The first-order chi connectivity index (χ1) is 11.4. The predicted molar refractivity (Wildman–Crippen MR) is 85.9 cm³/mol. The van der Waals surface area contributed by atoms with E-state index in [0.29, 0.717) is 0 Å². The lowest BCUT2D eigenvalue weighted by Gasteiger charge is -2.25. The number of amides is 2. The van der Waals surface area contributed by atoms with Crippen LogP contribution in [-0.4, -0.2) is 28.6 Å². The first-order valence-corrected chi connectivity index (χ1v) is 8.06. The van der Waals surface area contributed by atoms with E-state index in [1.165, 1.54) is 11.3 Å². The monoisotopic (exact) mass is 348 g/mol. The minimum atomic E-state index is -0.917. The van der Waals surface area contributed by atoms with Gasteiger partial charge in [0.15, 0.2) is 11.5 Å². The highest BCUT2D eigenvalue weighted by Crippen LogP contribution is 2.34. The second-order valence-electron chi connectivity index (χ2n) is 5.73. The molecule has 3 heterocycles. The molecule has 0 spiro atoms. The van der Waals surface area contributed by atoms with Gasteiger partial charge < -0.3 is 20.5 Å². The molecule has 0 saturated carbocycles. The van der Waals surface area contributed by atoms with Crippen molar-refractivity contribution in [2.45, 2.75) is 25.8 Å². The maximum absolute atomic E-state index is 12.2. The lowest BCUT2D eigenvalue weighted by atomic mass is 10.0. The maximum atomic E-state index is 12.2. The average Bonchev–Trinajstić information content (AvgIpc) is 3.15. The van der Waals surface area contributed by atoms with E-state index >= 15 is 0 Å². The molecule has 0 fully saturated rings. The van der Waals surface area contributed by atoms with Gasteiger partial charge >= 0.3 is 0 Å². The Morgan fingerprint density at radius 3 is 2.83 bits per heavy atom. The molecule has 2 amide bonds. The molecule has 3 rings (SSSR count). The van der Waals surface area contributed by atoms with Gasteiger partial charge in [-0.1, -0.05) is 6.07 Å². The number of carbonyl (C=O) groups excluding carboxylic acids is 2. The highest BCUT2D eigenvalue weighted by molar-refractivity contribution is 7.10. The maximum Gasteiger partial charge on any atom is 0.271 e. The first-order valence-electron chi connectivity index (χ1n) is 7.18. The van der Waals surface area contributed by atoms with Crippen LogP contribution in [0.2, 0.25) is 0 Å². The SMILES string of the molecule is CC(C)(NC(=O)Cc1cccs1)c1nc2c(c(C(N)=O)n1)OCO2. The Morgan fingerprint density at radius 2 is 2.17 bits per heavy atom. The zero-order chi connectivity index (χ0) is 17.3. The number of aromatic nitrogens is 2. The summed E-state index contributed by atoms with van der Waals surface area (Å²) in [7, 11) is 0. The second-order valence-corrected chi connectivity index (χ2v) is 6.76. The number of hydrogen-bond donors (Lipinski definition) is 2. The number of thiophene rings is 1. The number of fused-ring (bicyclic) bond motifs is 1. The van der Waals surface area contributed by atoms with Crippen LogP contribution < -0.4 is 20.5 Å². The van der Waals surface area contributed by atoms with Crippen LogP contribution in [-0.2, 0) is 16.8 Å². The van der Waals surface area contributed by atoms with Crippen molar-refractivity contribution in [2.24, 2.45) is 5.73 Å². The smallest absolute Gasteiger partial charge is 0.271 e. The molecule has 0 aliphatic carbocycles. The van der Waals surface area contributed by atoms with Gasteiger partial charge in [-0.15, -0.1) is 11.3 Å². The van der Waals surface area contributed by atoms with E-state index < -0.39 is 11.4 Å². The minimum absolute atomic E-state index is 0.0566. The molecule has 0 bridgehead atoms. The Labute approximate surface area is 142 Å². The minimum Gasteiger partial charge on any atom is -0.449 e. The van der Waals surface area contributed by atoms with E-state index in [1.54, 1.807) is 13.8 Å². The van der Waals surface area contributed by atoms with E-state index in [0.717, 1.165) is 4.88 Å². The van der Waals surface area contributed by atoms with Gasteiger partial charge in [0, 0.05) is 4.88 Å². The van der Waals surface area contributed by atoms with Crippen LogP contribution in [0.5, 0.6) is 11.6 Å². The third-order valence-electron chi connectivity index (χ3n) is 3.39. The van der Waals surface area contributed by atoms with E-state index in [1.807, 2.05) is 17.5 Å². The van der Waals surface area contributed by atoms with Gasteiger partial charge in [0.2, 0.25) is 18.4 Å². The van der Waals surface area contributed by atoms with E-state index in [2.05, 4.69) is 15.3 Å². The summed E-state index contributed by atoms with van der Waals surface area (Å²) in [4.78, 5) is 33.2. The van der Waals surface area contributed by atoms with Gasteiger partial charge in [0.05, 0.1) is 12.0 Å². The molecule has 0 unspecified atom stereocenters. The third kappa shape index (κ3) is 3.16. The fourth-order valence-electron chi connectivity index (χ4n) is 2.27. The molecule has 3 N–H and O–H groups in total. The largest absolute Gasteiger partial charge is 0.449 e. The molecule has 2 aromatic heterocycles. The Bertz CT molecular complexity index is 789. The summed E-state index contributed by atoms with van der Waals surface area (Å²) in [5.74, 6) is -0.424. The lowest BCUT2D eigenvalue weighted by Crippen LogP contribution is -2.43. The Morgan fingerprint density at radius 1 is 1.38 bits per heavy atom. The lowest BCUT2D eigenvalue weighted by molar-refractivity contribution is -0.122. The average molecular weight is 348 g/mol. The van der Waals surface area contributed by atoms with Gasteiger partial charge in [-0.25, -0.2) is 4.98 Å². The Hall–Kier alpha value is -2.68.